The number of carbonyl (C=O) groups is 1. The summed E-state index contributed by atoms with van der Waals surface area (Å²) in [6, 6.07) is 0.408. The van der Waals surface area contributed by atoms with Gasteiger partial charge in [0.15, 0.2) is 0 Å². The molecule has 0 rings (SSSR count). The number of nitrogens with one attached hydrogen (secondary N) is 1. The summed E-state index contributed by atoms with van der Waals surface area (Å²) in [7, 11) is 0. The maximum absolute atomic E-state index is 12.2. The maximum Gasteiger partial charge on any atom is 0.227 e. The number of aliphatic hydroxyl groups is 1. The van der Waals surface area contributed by atoms with Crippen LogP contribution in [0.2, 0.25) is 0 Å². The third kappa shape index (κ3) is 5.49. The molecule has 4 heteroatoms. The molecule has 0 saturated carbocycles. The number of hydrogen-bond donors (Lipinski definition) is 2. The molecule has 0 aliphatic rings. The summed E-state index contributed by atoms with van der Waals surface area (Å²) in [5.74, 6) is -0.334. The predicted octanol–water partition coefficient (Wildman–Crippen LogP) is 2.22. The second-order valence-electron chi connectivity index (χ2n) is 6.11. The van der Waals surface area contributed by atoms with Gasteiger partial charge in [-0.1, -0.05) is 20.8 Å². The second-order valence-corrected chi connectivity index (χ2v) is 6.11. The molecule has 19 heavy (non-hydrogen) atoms. The molecule has 4 nitrogen and oxygen atoms in total. The van der Waals surface area contributed by atoms with Gasteiger partial charge in [-0.3, -0.25) is 9.69 Å². The lowest BCUT2D eigenvalue weighted by Crippen LogP contribution is -2.53. The SMILES string of the molecule is CCCNC(=O)C(C(C)C)C(O)N(C(C)C)C(C)C. The van der Waals surface area contributed by atoms with Crippen molar-refractivity contribution in [3.63, 3.8) is 0 Å². The van der Waals surface area contributed by atoms with E-state index in [4.69, 9.17) is 0 Å². The van der Waals surface area contributed by atoms with E-state index >= 15 is 0 Å². The third-order valence-electron chi connectivity index (χ3n) is 3.39. The molecule has 2 N–H and O–H groups in total. The fourth-order valence-corrected chi connectivity index (χ4v) is 2.54. The van der Waals surface area contributed by atoms with Crippen molar-refractivity contribution in [3.05, 3.63) is 0 Å². The van der Waals surface area contributed by atoms with Crippen molar-refractivity contribution in [3.8, 4) is 0 Å². The fraction of sp³-hybridized carbons (Fsp3) is 0.933. The van der Waals surface area contributed by atoms with E-state index in [9.17, 15) is 9.90 Å². The van der Waals surface area contributed by atoms with Crippen LogP contribution in [-0.4, -0.2) is 40.8 Å². The summed E-state index contributed by atoms with van der Waals surface area (Å²) < 4.78 is 0. The molecule has 0 aromatic rings. The van der Waals surface area contributed by atoms with Gasteiger partial charge in [-0.25, -0.2) is 0 Å². The number of hydrogen-bond acceptors (Lipinski definition) is 3. The Morgan fingerprint density at radius 1 is 1.11 bits per heavy atom. The Hall–Kier alpha value is -0.610. The highest BCUT2D eigenvalue weighted by atomic mass is 16.3. The second kappa shape index (κ2) is 8.54. The molecule has 0 aromatic heterocycles. The first-order chi connectivity index (χ1) is 8.73. The van der Waals surface area contributed by atoms with Crippen LogP contribution in [0, 0.1) is 11.8 Å². The minimum atomic E-state index is -0.739. The Bertz CT molecular complexity index is 257. The lowest BCUT2D eigenvalue weighted by Gasteiger charge is -2.39. The lowest BCUT2D eigenvalue weighted by atomic mass is 9.91. The van der Waals surface area contributed by atoms with Crippen molar-refractivity contribution in [2.75, 3.05) is 6.54 Å². The van der Waals surface area contributed by atoms with Gasteiger partial charge < -0.3 is 10.4 Å². The average molecular weight is 272 g/mol. The molecule has 0 aromatic carbocycles. The average Bonchev–Trinajstić information content (AvgIpc) is 2.24. The summed E-state index contributed by atoms with van der Waals surface area (Å²) in [6.07, 6.45) is 0.168. The van der Waals surface area contributed by atoms with Crippen molar-refractivity contribution < 1.29 is 9.90 Å². The Balaban J connectivity index is 5.00. The van der Waals surface area contributed by atoms with Gasteiger partial charge in [0.25, 0.3) is 0 Å². The van der Waals surface area contributed by atoms with Crippen molar-refractivity contribution in [1.82, 2.24) is 10.2 Å². The van der Waals surface area contributed by atoms with Gasteiger partial charge in [0.05, 0.1) is 5.92 Å². The first-order valence-corrected chi connectivity index (χ1v) is 7.47. The number of aliphatic hydroxyl groups excluding tert-OH is 1. The molecule has 0 radical (unpaired) electrons. The van der Waals surface area contributed by atoms with E-state index in [1.807, 2.05) is 53.4 Å². The molecule has 0 aliphatic carbocycles. The van der Waals surface area contributed by atoms with Gasteiger partial charge in [-0.2, -0.15) is 0 Å². The van der Waals surface area contributed by atoms with Crippen LogP contribution < -0.4 is 5.32 Å². The largest absolute Gasteiger partial charge is 0.378 e. The Labute approximate surface area is 118 Å². The van der Waals surface area contributed by atoms with Crippen molar-refractivity contribution >= 4 is 5.91 Å². The molecule has 0 spiro atoms. The fourth-order valence-electron chi connectivity index (χ4n) is 2.54. The first kappa shape index (κ1) is 18.4. The molecule has 114 valence electrons. The third-order valence-corrected chi connectivity index (χ3v) is 3.39. The molecule has 0 bridgehead atoms. The molecule has 2 atom stereocenters. The number of amides is 1. The Morgan fingerprint density at radius 2 is 1.58 bits per heavy atom. The Kier molecular flexibility index (Phi) is 8.26. The van der Waals surface area contributed by atoms with Crippen LogP contribution in [0.25, 0.3) is 0 Å². The number of rotatable bonds is 8. The normalized spacial score (nSPS) is 15.4. The Morgan fingerprint density at radius 3 is 1.89 bits per heavy atom. The molecule has 1 amide bonds. The smallest absolute Gasteiger partial charge is 0.227 e. The summed E-state index contributed by atoms with van der Waals surface area (Å²) in [4.78, 5) is 14.2. The van der Waals surface area contributed by atoms with Gasteiger partial charge in [-0.05, 0) is 40.0 Å². The molecular formula is C15H32N2O2. The highest BCUT2D eigenvalue weighted by molar-refractivity contribution is 5.79. The van der Waals surface area contributed by atoms with E-state index in [-0.39, 0.29) is 23.9 Å². The van der Waals surface area contributed by atoms with Gasteiger partial charge in [0, 0.05) is 18.6 Å². The quantitative estimate of drug-likeness (QED) is 0.666. The zero-order valence-electron chi connectivity index (χ0n) is 13.6. The number of carbonyl (C=O) groups excluding carboxylic acids is 1. The zero-order valence-corrected chi connectivity index (χ0v) is 13.6. The highest BCUT2D eigenvalue weighted by Gasteiger charge is 2.35. The van der Waals surface area contributed by atoms with Crippen LogP contribution in [0.15, 0.2) is 0 Å². The van der Waals surface area contributed by atoms with E-state index < -0.39 is 12.1 Å². The van der Waals surface area contributed by atoms with Gasteiger partial charge in [0.2, 0.25) is 5.91 Å². The van der Waals surface area contributed by atoms with Crippen LogP contribution in [0.4, 0.5) is 0 Å². The van der Waals surface area contributed by atoms with E-state index in [0.29, 0.717) is 6.54 Å². The van der Waals surface area contributed by atoms with Gasteiger partial charge in [0.1, 0.15) is 6.23 Å². The standard InChI is InChI=1S/C15H32N2O2/c1-8-9-16-14(18)13(10(2)3)15(19)17(11(4)5)12(6)7/h10-13,15,19H,8-9H2,1-7H3,(H,16,18). The van der Waals surface area contributed by atoms with Crippen LogP contribution in [0.3, 0.4) is 0 Å². The topological polar surface area (TPSA) is 52.6 Å². The summed E-state index contributed by atoms with van der Waals surface area (Å²) in [5, 5.41) is 13.5. The van der Waals surface area contributed by atoms with Crippen LogP contribution in [0.1, 0.15) is 54.9 Å². The minimum absolute atomic E-state index is 0.0457. The lowest BCUT2D eigenvalue weighted by molar-refractivity contribution is -0.142. The van der Waals surface area contributed by atoms with E-state index in [1.165, 1.54) is 0 Å². The summed E-state index contributed by atoms with van der Waals surface area (Å²) >= 11 is 0. The molecule has 2 unspecified atom stereocenters. The van der Waals surface area contributed by atoms with Crippen LogP contribution >= 0.6 is 0 Å². The van der Waals surface area contributed by atoms with Crippen molar-refractivity contribution in [2.24, 2.45) is 11.8 Å². The van der Waals surface area contributed by atoms with Gasteiger partial charge >= 0.3 is 0 Å². The zero-order chi connectivity index (χ0) is 15.2. The highest BCUT2D eigenvalue weighted by Crippen LogP contribution is 2.22. The van der Waals surface area contributed by atoms with Crippen molar-refractivity contribution in [1.29, 1.82) is 0 Å². The van der Waals surface area contributed by atoms with Gasteiger partial charge in [-0.15, -0.1) is 0 Å². The van der Waals surface area contributed by atoms with Crippen LogP contribution in [0.5, 0.6) is 0 Å². The molecular weight excluding hydrogens is 240 g/mol. The molecule has 0 fully saturated rings. The van der Waals surface area contributed by atoms with E-state index in [0.717, 1.165) is 6.42 Å². The monoisotopic (exact) mass is 272 g/mol. The van der Waals surface area contributed by atoms with Crippen molar-refractivity contribution in [2.45, 2.75) is 73.2 Å². The predicted molar refractivity (Wildman–Crippen MR) is 79.7 cm³/mol. The molecule has 0 saturated heterocycles. The first-order valence-electron chi connectivity index (χ1n) is 7.47. The van der Waals surface area contributed by atoms with E-state index in [2.05, 4.69) is 5.32 Å². The summed E-state index contributed by atoms with van der Waals surface area (Å²) in [5.41, 5.74) is 0. The number of nitrogens with zero attached hydrogens (tertiary/aromatic N) is 1. The summed E-state index contributed by atoms with van der Waals surface area (Å²) in [6.45, 7) is 14.8. The molecule has 0 aliphatic heterocycles. The maximum atomic E-state index is 12.2. The van der Waals surface area contributed by atoms with Crippen LogP contribution in [-0.2, 0) is 4.79 Å². The molecule has 0 heterocycles. The minimum Gasteiger partial charge on any atom is -0.378 e. The van der Waals surface area contributed by atoms with E-state index in [1.54, 1.807) is 0 Å².